The van der Waals surface area contributed by atoms with Gasteiger partial charge in [-0.25, -0.2) is 9.78 Å². The van der Waals surface area contributed by atoms with Gasteiger partial charge in [-0.2, -0.15) is 11.8 Å². The number of ether oxygens (including phenoxy) is 1. The maximum Gasteiger partial charge on any atom is 0.315 e. The number of aromatic nitrogens is 2. The van der Waals surface area contributed by atoms with Crippen LogP contribution < -0.4 is 26.0 Å². The minimum absolute atomic E-state index is 0.00895. The Labute approximate surface area is 348 Å². The molecule has 7 rings (SSSR count). The molecule has 13 nitrogen and oxygen atoms in total. The maximum absolute atomic E-state index is 13.7. The monoisotopic (exact) mass is 817 g/mol. The van der Waals surface area contributed by atoms with Crippen molar-refractivity contribution < 1.29 is 28.7 Å². The van der Waals surface area contributed by atoms with E-state index < -0.39 is 0 Å². The average Bonchev–Trinajstić information content (AvgIpc) is 3.96. The van der Waals surface area contributed by atoms with Gasteiger partial charge in [0.1, 0.15) is 5.75 Å². The van der Waals surface area contributed by atoms with Gasteiger partial charge in [0.2, 0.25) is 11.8 Å². The largest absolute Gasteiger partial charge is 0.495 e. The Morgan fingerprint density at radius 2 is 1.69 bits per heavy atom. The van der Waals surface area contributed by atoms with Crippen LogP contribution in [0.5, 0.6) is 5.75 Å². The summed E-state index contributed by atoms with van der Waals surface area (Å²) < 4.78 is 7.59. The Morgan fingerprint density at radius 3 is 2.42 bits per heavy atom. The smallest absolute Gasteiger partial charge is 0.315 e. The second kappa shape index (κ2) is 18.8. The standard InChI is InChI=1S/C45H51N7O6S/c1-28-25-51(27-48-28)37-19-10-30(24-38(37)58-3)23-35-7-6-22-52(44(35)56)29(2)31-11-13-32(14-12-31)42(54)33-15-17-34(18-16-33)43(55)47-21-20-46-40(53)9-5-4-8-39-41-36(26-59-39)49-45(57)50-41/h10-19,23-25,27,29,36,39,41H,4-9,20-22,26H2,1-3H3,(H,46,53)(H,47,55)(H2,49,50,57)/b35-23+/t29?,36-,39?,41-/m0/s1. The molecule has 14 heteroatoms. The fraction of sp³-hybridized carbons (Fsp3) is 0.378. The molecule has 4 aromatic rings. The number of unbranched alkanes of at least 4 members (excludes halogenated alkanes) is 1. The number of ketones is 1. The lowest BCUT2D eigenvalue weighted by Crippen LogP contribution is -2.38. The number of aryl methyl sites for hydroxylation is 1. The minimum Gasteiger partial charge on any atom is -0.495 e. The Hall–Kier alpha value is -5.89. The Bertz CT molecular complexity index is 2220. The Balaban J connectivity index is 0.851. The molecule has 3 aromatic carbocycles. The van der Waals surface area contributed by atoms with Gasteiger partial charge in [0.15, 0.2) is 5.78 Å². The van der Waals surface area contributed by atoms with Crippen LogP contribution in [0.2, 0.25) is 0 Å². The van der Waals surface area contributed by atoms with Crippen LogP contribution in [0.3, 0.4) is 0 Å². The number of methoxy groups -OCH3 is 1. The summed E-state index contributed by atoms with van der Waals surface area (Å²) in [6, 6.07) is 19.8. The van der Waals surface area contributed by atoms with Gasteiger partial charge >= 0.3 is 6.03 Å². The molecule has 0 radical (unpaired) electrons. The minimum atomic E-state index is -0.291. The SMILES string of the molecule is COc1cc(/C=C2\CCCN(C(C)c3ccc(C(=O)c4ccc(C(=O)NCCNC(=O)CCCCC5SC[C@@H]6NC(=O)N[C@H]56)cc4)cc3)C2=O)ccc1-n1cnc(C)c1. The van der Waals surface area contributed by atoms with Gasteiger partial charge in [-0.15, -0.1) is 0 Å². The first-order chi connectivity index (χ1) is 28.6. The van der Waals surface area contributed by atoms with Crippen LogP contribution in [0.4, 0.5) is 4.79 Å². The summed E-state index contributed by atoms with van der Waals surface area (Å²) in [6.07, 6.45) is 10.2. The van der Waals surface area contributed by atoms with E-state index in [2.05, 4.69) is 26.3 Å². The van der Waals surface area contributed by atoms with E-state index in [4.69, 9.17) is 4.74 Å². The highest BCUT2D eigenvalue weighted by atomic mass is 32.2. The van der Waals surface area contributed by atoms with Gasteiger partial charge in [0.25, 0.3) is 5.91 Å². The molecule has 3 aliphatic heterocycles. The van der Waals surface area contributed by atoms with Crippen LogP contribution in [-0.2, 0) is 9.59 Å². The molecule has 0 aliphatic carbocycles. The fourth-order valence-corrected chi connectivity index (χ4v) is 9.51. The molecule has 0 spiro atoms. The number of hydrogen-bond donors (Lipinski definition) is 4. The first-order valence-electron chi connectivity index (χ1n) is 20.3. The third kappa shape index (κ3) is 9.88. The summed E-state index contributed by atoms with van der Waals surface area (Å²) in [5, 5.41) is 12.0. The number of rotatable bonds is 16. The van der Waals surface area contributed by atoms with E-state index in [1.165, 1.54) is 0 Å². The van der Waals surface area contributed by atoms with E-state index in [-0.39, 0.29) is 54.2 Å². The number of piperidine rings is 1. The van der Waals surface area contributed by atoms with Crippen molar-refractivity contribution in [3.05, 3.63) is 118 Å². The summed E-state index contributed by atoms with van der Waals surface area (Å²) in [5.41, 5.74) is 5.70. The molecule has 4 heterocycles. The number of nitrogens with zero attached hydrogens (tertiary/aromatic N) is 3. The van der Waals surface area contributed by atoms with E-state index in [0.29, 0.717) is 53.6 Å². The van der Waals surface area contributed by atoms with Gasteiger partial charge in [-0.05, 0) is 81.0 Å². The second-order valence-corrected chi connectivity index (χ2v) is 16.6. The summed E-state index contributed by atoms with van der Waals surface area (Å²) in [6.45, 7) is 5.17. The molecule has 0 bridgehead atoms. The van der Waals surface area contributed by atoms with Gasteiger partial charge in [-0.3, -0.25) is 19.2 Å². The normalized spacial score (nSPS) is 19.8. The Morgan fingerprint density at radius 1 is 0.966 bits per heavy atom. The van der Waals surface area contributed by atoms with Crippen LogP contribution in [0.25, 0.3) is 11.8 Å². The number of benzene rings is 3. The van der Waals surface area contributed by atoms with Crippen LogP contribution in [-0.4, -0.2) is 93.8 Å². The van der Waals surface area contributed by atoms with Crippen molar-refractivity contribution in [2.24, 2.45) is 0 Å². The summed E-state index contributed by atoms with van der Waals surface area (Å²) in [7, 11) is 1.63. The van der Waals surface area contributed by atoms with Crippen LogP contribution in [0.15, 0.2) is 84.8 Å². The summed E-state index contributed by atoms with van der Waals surface area (Å²) >= 11 is 1.87. The first-order valence-corrected chi connectivity index (χ1v) is 21.3. The van der Waals surface area contributed by atoms with Crippen molar-refractivity contribution in [3.63, 3.8) is 0 Å². The highest BCUT2D eigenvalue weighted by molar-refractivity contribution is 8.00. The molecule has 5 amide bonds. The van der Waals surface area contributed by atoms with E-state index in [1.807, 2.05) is 77.7 Å². The molecule has 4 atom stereocenters. The number of fused-ring (bicyclic) bond motifs is 1. The molecule has 0 saturated carbocycles. The predicted molar refractivity (Wildman–Crippen MR) is 228 cm³/mol. The van der Waals surface area contributed by atoms with Crippen LogP contribution in [0, 0.1) is 6.92 Å². The highest BCUT2D eigenvalue weighted by Crippen LogP contribution is 2.34. The number of imidazole rings is 1. The molecule has 3 aliphatic rings. The molecule has 3 saturated heterocycles. The number of nitrogens with one attached hydrogen (secondary N) is 4. The zero-order valence-corrected chi connectivity index (χ0v) is 34.5. The molecular weight excluding hydrogens is 767 g/mol. The van der Waals surface area contributed by atoms with E-state index in [0.717, 1.165) is 59.5 Å². The third-order valence-corrected chi connectivity index (χ3v) is 12.8. The lowest BCUT2D eigenvalue weighted by atomic mass is 9.96. The van der Waals surface area contributed by atoms with Gasteiger partial charge in [0.05, 0.1) is 42.9 Å². The number of urea groups is 1. The quantitative estimate of drug-likeness (QED) is 0.0480. The maximum atomic E-state index is 13.7. The first kappa shape index (κ1) is 41.3. The average molecular weight is 818 g/mol. The van der Waals surface area contributed by atoms with Crippen molar-refractivity contribution in [3.8, 4) is 11.4 Å². The lowest BCUT2D eigenvalue weighted by molar-refractivity contribution is -0.130. The number of carbonyl (C=O) groups excluding carboxylic acids is 5. The molecule has 1 aromatic heterocycles. The zero-order chi connectivity index (χ0) is 41.5. The zero-order valence-electron chi connectivity index (χ0n) is 33.7. The van der Waals surface area contributed by atoms with Gasteiger partial charge in [0, 0.05) is 65.5 Å². The van der Waals surface area contributed by atoms with Crippen LogP contribution >= 0.6 is 11.8 Å². The number of thioether (sulfide) groups is 1. The molecule has 2 unspecified atom stereocenters. The van der Waals surface area contributed by atoms with E-state index in [9.17, 15) is 24.0 Å². The van der Waals surface area contributed by atoms with Crippen molar-refractivity contribution >= 4 is 47.4 Å². The lowest BCUT2D eigenvalue weighted by Gasteiger charge is -2.34. The third-order valence-electron chi connectivity index (χ3n) is 11.3. The molecule has 3 fully saturated rings. The van der Waals surface area contributed by atoms with E-state index in [1.54, 1.807) is 49.8 Å². The number of carbonyl (C=O) groups is 5. The van der Waals surface area contributed by atoms with Crippen molar-refractivity contribution in [2.75, 3.05) is 32.5 Å². The van der Waals surface area contributed by atoms with Crippen molar-refractivity contribution in [2.45, 2.75) is 75.7 Å². The number of amides is 5. The van der Waals surface area contributed by atoms with Gasteiger partial charge < -0.3 is 35.5 Å². The Kier molecular flexibility index (Phi) is 13.1. The van der Waals surface area contributed by atoms with Gasteiger partial charge in [-0.1, -0.05) is 48.9 Å². The molecule has 308 valence electrons. The van der Waals surface area contributed by atoms with Crippen molar-refractivity contribution in [1.82, 2.24) is 35.7 Å². The summed E-state index contributed by atoms with van der Waals surface area (Å²) in [4.78, 5) is 69.9. The molecule has 4 N–H and O–H groups in total. The van der Waals surface area contributed by atoms with Crippen molar-refractivity contribution in [1.29, 1.82) is 0 Å². The topological polar surface area (TPSA) is 164 Å². The molecule has 59 heavy (non-hydrogen) atoms. The highest BCUT2D eigenvalue weighted by Gasteiger charge is 2.42. The fourth-order valence-electron chi connectivity index (χ4n) is 7.96. The van der Waals surface area contributed by atoms with Crippen LogP contribution in [0.1, 0.15) is 94.6 Å². The number of hydrogen-bond acceptors (Lipinski definition) is 8. The predicted octanol–water partition coefficient (Wildman–Crippen LogP) is 5.76. The number of likely N-dealkylation sites (tertiary alicyclic amines) is 1. The molecular formula is C45H51N7O6S. The summed E-state index contributed by atoms with van der Waals surface area (Å²) in [5.74, 6) is 1.08. The second-order valence-electron chi connectivity index (χ2n) is 15.3. The van der Waals surface area contributed by atoms with E-state index >= 15 is 0 Å².